The van der Waals surface area contributed by atoms with Crippen molar-refractivity contribution in [3.63, 3.8) is 0 Å². The first-order valence-electron chi connectivity index (χ1n) is 10.6. The molecule has 0 aliphatic carbocycles. The number of amides is 2. The average Bonchev–Trinajstić information content (AvgIpc) is 3.47. The van der Waals surface area contributed by atoms with E-state index < -0.39 is 0 Å². The van der Waals surface area contributed by atoms with Crippen molar-refractivity contribution in [2.24, 2.45) is 5.92 Å². The molecule has 4 rings (SSSR count). The van der Waals surface area contributed by atoms with Gasteiger partial charge in [0.15, 0.2) is 5.82 Å². The first-order chi connectivity index (χ1) is 14.7. The number of nitrogens with zero attached hydrogens (tertiary/aromatic N) is 2. The van der Waals surface area contributed by atoms with Crippen molar-refractivity contribution in [1.29, 1.82) is 0 Å². The minimum Gasteiger partial charge on any atom is -0.376 e. The molecule has 4 heterocycles. The van der Waals surface area contributed by atoms with Gasteiger partial charge in [-0.15, -0.1) is 11.3 Å². The Hall–Kier alpha value is -2.45. The highest BCUT2D eigenvalue weighted by Gasteiger charge is 2.27. The lowest BCUT2D eigenvalue weighted by Crippen LogP contribution is -2.42. The van der Waals surface area contributed by atoms with Crippen molar-refractivity contribution in [1.82, 2.24) is 10.3 Å². The first-order valence-corrected chi connectivity index (χ1v) is 11.5. The van der Waals surface area contributed by atoms with Gasteiger partial charge in [0.2, 0.25) is 11.8 Å². The van der Waals surface area contributed by atoms with Crippen LogP contribution in [-0.4, -0.2) is 49.1 Å². The summed E-state index contributed by atoms with van der Waals surface area (Å²) >= 11 is 1.58. The van der Waals surface area contributed by atoms with E-state index in [9.17, 15) is 9.59 Å². The topological polar surface area (TPSA) is 83.6 Å². The van der Waals surface area contributed by atoms with E-state index in [0.29, 0.717) is 13.0 Å². The molecular weight excluding hydrogens is 400 g/mol. The highest BCUT2D eigenvalue weighted by atomic mass is 32.1. The number of hydrogen-bond donors (Lipinski definition) is 2. The number of nitrogens with one attached hydrogen (secondary N) is 2. The molecule has 1 unspecified atom stereocenters. The Morgan fingerprint density at radius 1 is 1.20 bits per heavy atom. The number of carbonyl (C=O) groups excluding carboxylic acids is 2. The average molecular weight is 429 g/mol. The summed E-state index contributed by atoms with van der Waals surface area (Å²) in [7, 11) is 0. The van der Waals surface area contributed by atoms with Crippen LogP contribution in [-0.2, 0) is 20.7 Å². The third kappa shape index (κ3) is 5.37. The highest BCUT2D eigenvalue weighted by Crippen LogP contribution is 2.28. The van der Waals surface area contributed by atoms with Gasteiger partial charge in [0.25, 0.3) is 0 Å². The van der Waals surface area contributed by atoms with Gasteiger partial charge in [-0.2, -0.15) is 0 Å². The summed E-state index contributed by atoms with van der Waals surface area (Å²) in [5, 5.41) is 8.03. The van der Waals surface area contributed by atoms with Gasteiger partial charge in [-0.3, -0.25) is 9.59 Å². The summed E-state index contributed by atoms with van der Waals surface area (Å²) in [6, 6.07) is 7.62. The van der Waals surface area contributed by atoms with Crippen molar-refractivity contribution in [2.75, 3.05) is 36.5 Å². The van der Waals surface area contributed by atoms with Gasteiger partial charge in [0.1, 0.15) is 0 Å². The lowest BCUT2D eigenvalue weighted by molar-refractivity contribution is -0.126. The Morgan fingerprint density at radius 3 is 2.80 bits per heavy atom. The fourth-order valence-electron chi connectivity index (χ4n) is 4.03. The van der Waals surface area contributed by atoms with E-state index in [1.54, 1.807) is 17.5 Å². The molecule has 0 bridgehead atoms. The van der Waals surface area contributed by atoms with E-state index in [1.807, 2.05) is 29.6 Å². The zero-order valence-corrected chi connectivity index (χ0v) is 17.8. The van der Waals surface area contributed by atoms with Gasteiger partial charge >= 0.3 is 0 Å². The molecule has 2 fully saturated rings. The first kappa shape index (κ1) is 20.8. The van der Waals surface area contributed by atoms with Crippen LogP contribution in [0.3, 0.4) is 0 Å². The third-order valence-corrected chi connectivity index (χ3v) is 6.55. The van der Waals surface area contributed by atoms with Crippen LogP contribution in [0.1, 0.15) is 30.6 Å². The van der Waals surface area contributed by atoms with Gasteiger partial charge in [-0.1, -0.05) is 6.07 Å². The van der Waals surface area contributed by atoms with Crippen molar-refractivity contribution in [3.8, 4) is 0 Å². The molecular formula is C22H28N4O3S. The molecule has 1 atom stereocenters. The van der Waals surface area contributed by atoms with E-state index in [4.69, 9.17) is 4.74 Å². The zero-order valence-electron chi connectivity index (χ0n) is 17.0. The van der Waals surface area contributed by atoms with Gasteiger partial charge in [-0.05, 0) is 49.3 Å². The molecule has 0 saturated carbocycles. The molecule has 2 aromatic heterocycles. The molecule has 0 spiro atoms. The maximum atomic E-state index is 12.5. The number of ether oxygens (including phenoxy) is 1. The number of rotatable bonds is 7. The van der Waals surface area contributed by atoms with Crippen LogP contribution in [0.4, 0.5) is 11.5 Å². The largest absolute Gasteiger partial charge is 0.376 e. The standard InChI is InChI=1S/C22H28N4O3S/c27-20(14-18-5-3-13-30-18)25-19-6-1-9-23-21(19)26-10-7-16(8-11-26)22(28)24-15-17-4-2-12-29-17/h1,3,5-6,9,13,16-17H,2,4,7-8,10-12,14-15H2,(H,24,28)(H,25,27). The maximum Gasteiger partial charge on any atom is 0.229 e. The van der Waals surface area contributed by atoms with Crippen molar-refractivity contribution in [3.05, 3.63) is 40.7 Å². The van der Waals surface area contributed by atoms with Crippen LogP contribution in [0.15, 0.2) is 35.8 Å². The van der Waals surface area contributed by atoms with Gasteiger partial charge < -0.3 is 20.3 Å². The summed E-state index contributed by atoms with van der Waals surface area (Å²) in [6.07, 6.45) is 5.92. The minimum absolute atomic E-state index is 0.0169. The third-order valence-electron chi connectivity index (χ3n) is 5.67. The van der Waals surface area contributed by atoms with Crippen LogP contribution >= 0.6 is 11.3 Å². The Morgan fingerprint density at radius 2 is 2.07 bits per heavy atom. The number of piperidine rings is 1. The zero-order chi connectivity index (χ0) is 20.8. The number of pyridine rings is 1. The summed E-state index contributed by atoms with van der Waals surface area (Å²) in [4.78, 5) is 32.6. The molecule has 2 N–H and O–H groups in total. The molecule has 2 amide bonds. The van der Waals surface area contributed by atoms with Crippen molar-refractivity contribution in [2.45, 2.75) is 38.2 Å². The number of anilines is 2. The number of thiophene rings is 1. The lowest BCUT2D eigenvalue weighted by Gasteiger charge is -2.33. The monoisotopic (exact) mass is 428 g/mol. The summed E-state index contributed by atoms with van der Waals surface area (Å²) in [5.74, 6) is 0.865. The number of hydrogen-bond acceptors (Lipinski definition) is 6. The second-order valence-electron chi connectivity index (χ2n) is 7.82. The predicted octanol–water partition coefficient (Wildman–Crippen LogP) is 2.84. The van der Waals surface area contributed by atoms with Gasteiger partial charge in [-0.25, -0.2) is 4.98 Å². The smallest absolute Gasteiger partial charge is 0.229 e. The minimum atomic E-state index is -0.0462. The molecule has 0 radical (unpaired) electrons. The van der Waals surface area contributed by atoms with Crippen LogP contribution in [0.2, 0.25) is 0 Å². The number of carbonyl (C=O) groups is 2. The number of aromatic nitrogens is 1. The maximum absolute atomic E-state index is 12.5. The molecule has 160 valence electrons. The molecule has 0 aromatic carbocycles. The van der Waals surface area contributed by atoms with Crippen molar-refractivity contribution >= 4 is 34.7 Å². The predicted molar refractivity (Wildman–Crippen MR) is 118 cm³/mol. The van der Waals surface area contributed by atoms with Crippen LogP contribution in [0, 0.1) is 5.92 Å². The van der Waals surface area contributed by atoms with Crippen molar-refractivity contribution < 1.29 is 14.3 Å². The van der Waals surface area contributed by atoms with Crippen LogP contribution < -0.4 is 15.5 Å². The Bertz CT molecular complexity index is 844. The quantitative estimate of drug-likeness (QED) is 0.709. The Labute approximate surface area is 180 Å². The second-order valence-corrected chi connectivity index (χ2v) is 8.85. The molecule has 2 saturated heterocycles. The van der Waals surface area contributed by atoms with Gasteiger partial charge in [0.05, 0.1) is 18.2 Å². The van der Waals surface area contributed by atoms with Crippen LogP contribution in [0.5, 0.6) is 0 Å². The molecule has 2 aliphatic heterocycles. The molecule has 30 heavy (non-hydrogen) atoms. The summed E-state index contributed by atoms with van der Waals surface area (Å²) in [6.45, 7) is 2.89. The van der Waals surface area contributed by atoms with Gasteiger partial charge in [0, 0.05) is 43.2 Å². The highest BCUT2D eigenvalue weighted by molar-refractivity contribution is 7.10. The van der Waals surface area contributed by atoms with E-state index in [-0.39, 0.29) is 23.8 Å². The van der Waals surface area contributed by atoms with E-state index >= 15 is 0 Å². The Kier molecular flexibility index (Phi) is 6.96. The normalized spacial score (nSPS) is 19.6. The fourth-order valence-corrected chi connectivity index (χ4v) is 4.73. The second kappa shape index (κ2) is 10.0. The fraction of sp³-hybridized carbons (Fsp3) is 0.500. The van der Waals surface area contributed by atoms with Crippen LogP contribution in [0.25, 0.3) is 0 Å². The van der Waals surface area contributed by atoms with E-state index in [1.165, 1.54) is 0 Å². The molecule has 2 aliphatic rings. The molecule has 8 heteroatoms. The van der Waals surface area contributed by atoms with E-state index in [0.717, 1.165) is 61.8 Å². The lowest BCUT2D eigenvalue weighted by atomic mass is 9.95. The Balaban J connectivity index is 1.30. The SMILES string of the molecule is O=C(Cc1cccs1)Nc1cccnc1N1CCC(C(=O)NCC2CCCO2)CC1. The summed E-state index contributed by atoms with van der Waals surface area (Å²) in [5.41, 5.74) is 0.723. The molecule has 2 aromatic rings. The summed E-state index contributed by atoms with van der Waals surface area (Å²) < 4.78 is 5.58. The molecule has 7 nitrogen and oxygen atoms in total. The van der Waals surface area contributed by atoms with E-state index in [2.05, 4.69) is 20.5 Å².